The Bertz CT molecular complexity index is 1130. The second kappa shape index (κ2) is 7.93. The maximum Gasteiger partial charge on any atom is 0.251 e. The summed E-state index contributed by atoms with van der Waals surface area (Å²) in [6.07, 6.45) is 1.62. The smallest absolute Gasteiger partial charge is 0.251 e. The van der Waals surface area contributed by atoms with Gasteiger partial charge in [0.05, 0.1) is 13.2 Å². The number of pyridine rings is 1. The zero-order chi connectivity index (χ0) is 21.3. The number of carbonyl (C=O) groups excluding carboxylic acids is 1. The maximum atomic E-state index is 15.0. The number of aliphatic hydroxyl groups excluding tert-OH is 1. The number of aliphatic hydroxyl groups is 1. The molecule has 0 saturated carbocycles. The van der Waals surface area contributed by atoms with E-state index in [9.17, 15) is 14.0 Å². The van der Waals surface area contributed by atoms with Crippen molar-refractivity contribution in [1.82, 2.24) is 4.57 Å². The van der Waals surface area contributed by atoms with Gasteiger partial charge < -0.3 is 14.4 Å². The van der Waals surface area contributed by atoms with Gasteiger partial charge in [-0.1, -0.05) is 36.4 Å². The predicted octanol–water partition coefficient (Wildman–Crippen LogP) is 3.01. The van der Waals surface area contributed by atoms with Crippen LogP contribution >= 0.6 is 0 Å². The van der Waals surface area contributed by atoms with Gasteiger partial charge in [-0.25, -0.2) is 8.78 Å². The molecule has 1 aromatic heterocycles. The molecule has 0 spiro atoms. The average molecular weight is 411 g/mol. The van der Waals surface area contributed by atoms with Crippen LogP contribution in [0.1, 0.15) is 33.5 Å². The SMILES string of the molecule is O=C(CO)c1ccc(Cn2cc(F)c(C3(c4ccc(F)cc4)CCO3)cc2=O)cc1. The minimum absolute atomic E-state index is 0.119. The van der Waals surface area contributed by atoms with E-state index in [4.69, 9.17) is 9.84 Å². The van der Waals surface area contributed by atoms with Crippen LogP contribution in [0.4, 0.5) is 8.78 Å². The molecule has 1 fully saturated rings. The van der Waals surface area contributed by atoms with Gasteiger partial charge in [0.15, 0.2) is 5.78 Å². The van der Waals surface area contributed by atoms with E-state index >= 15 is 4.39 Å². The second-order valence-corrected chi connectivity index (χ2v) is 7.21. The Balaban J connectivity index is 1.64. The van der Waals surface area contributed by atoms with Crippen LogP contribution in [0.3, 0.4) is 0 Å². The van der Waals surface area contributed by atoms with E-state index in [1.807, 2.05) is 0 Å². The number of rotatable bonds is 6. The van der Waals surface area contributed by atoms with E-state index in [0.717, 1.165) is 6.20 Å². The first-order valence-corrected chi connectivity index (χ1v) is 9.46. The van der Waals surface area contributed by atoms with Gasteiger partial charge in [0.25, 0.3) is 5.56 Å². The number of hydrogen-bond acceptors (Lipinski definition) is 4. The van der Waals surface area contributed by atoms with E-state index in [2.05, 4.69) is 0 Å². The first-order valence-electron chi connectivity index (χ1n) is 9.46. The van der Waals surface area contributed by atoms with Crippen molar-refractivity contribution in [3.05, 3.63) is 105 Å². The maximum absolute atomic E-state index is 15.0. The lowest BCUT2D eigenvalue weighted by molar-refractivity contribution is -0.125. The van der Waals surface area contributed by atoms with Crippen LogP contribution in [0.5, 0.6) is 0 Å². The Morgan fingerprint density at radius 2 is 1.77 bits per heavy atom. The average Bonchev–Trinajstić information content (AvgIpc) is 2.72. The van der Waals surface area contributed by atoms with E-state index in [1.54, 1.807) is 24.3 Å². The molecule has 1 aliphatic heterocycles. The highest BCUT2D eigenvalue weighted by Crippen LogP contribution is 2.44. The Morgan fingerprint density at radius 1 is 1.10 bits per heavy atom. The molecule has 2 aromatic carbocycles. The van der Waals surface area contributed by atoms with Gasteiger partial charge in [0, 0.05) is 29.8 Å². The van der Waals surface area contributed by atoms with Crippen LogP contribution in [0.2, 0.25) is 0 Å². The third-order valence-electron chi connectivity index (χ3n) is 5.40. The standard InChI is InChI=1S/C23H19F2NO4/c24-18-7-5-17(6-8-18)23(9-10-30-23)19-11-22(29)26(13-20(19)25)12-15-1-3-16(4-2-15)21(28)14-27/h1-8,11,13,27H,9-10,12,14H2. The lowest BCUT2D eigenvalue weighted by Crippen LogP contribution is -2.43. The first kappa shape index (κ1) is 20.1. The van der Waals surface area contributed by atoms with Crippen molar-refractivity contribution in [3.8, 4) is 0 Å². The molecule has 7 heteroatoms. The molecule has 2 heterocycles. The molecule has 1 saturated heterocycles. The fourth-order valence-electron chi connectivity index (χ4n) is 3.68. The molecular weight excluding hydrogens is 392 g/mol. The van der Waals surface area contributed by atoms with Crippen LogP contribution in [0.25, 0.3) is 0 Å². The van der Waals surface area contributed by atoms with Gasteiger partial charge in [0.2, 0.25) is 0 Å². The zero-order valence-corrected chi connectivity index (χ0v) is 16.0. The highest BCUT2D eigenvalue weighted by molar-refractivity contribution is 5.96. The third kappa shape index (κ3) is 3.58. The molecule has 3 aromatic rings. The van der Waals surface area contributed by atoms with Gasteiger partial charge in [-0.3, -0.25) is 9.59 Å². The molecule has 0 radical (unpaired) electrons. The number of ether oxygens (including phenoxy) is 1. The molecular formula is C23H19F2NO4. The van der Waals surface area contributed by atoms with Crippen LogP contribution in [0, 0.1) is 11.6 Å². The van der Waals surface area contributed by atoms with E-state index in [1.165, 1.54) is 34.9 Å². The first-order chi connectivity index (χ1) is 14.4. The predicted molar refractivity (Wildman–Crippen MR) is 105 cm³/mol. The summed E-state index contributed by atoms with van der Waals surface area (Å²) in [5, 5.41) is 8.91. The summed E-state index contributed by atoms with van der Waals surface area (Å²) in [6, 6.07) is 13.3. The molecule has 1 aliphatic rings. The molecule has 30 heavy (non-hydrogen) atoms. The fourth-order valence-corrected chi connectivity index (χ4v) is 3.68. The number of carbonyl (C=O) groups is 1. The van der Waals surface area contributed by atoms with Crippen molar-refractivity contribution in [3.63, 3.8) is 0 Å². The Morgan fingerprint density at radius 3 is 2.33 bits per heavy atom. The van der Waals surface area contributed by atoms with Gasteiger partial charge in [-0.2, -0.15) is 0 Å². The monoisotopic (exact) mass is 411 g/mol. The summed E-state index contributed by atoms with van der Waals surface area (Å²) in [4.78, 5) is 24.2. The van der Waals surface area contributed by atoms with Crippen molar-refractivity contribution in [2.45, 2.75) is 18.6 Å². The second-order valence-electron chi connectivity index (χ2n) is 7.21. The number of hydrogen-bond donors (Lipinski definition) is 1. The van der Waals surface area contributed by atoms with Crippen LogP contribution in [0.15, 0.2) is 65.6 Å². The summed E-state index contributed by atoms with van der Waals surface area (Å²) >= 11 is 0. The summed E-state index contributed by atoms with van der Waals surface area (Å²) in [5.74, 6) is -1.40. The topological polar surface area (TPSA) is 68.5 Å². The van der Waals surface area contributed by atoms with Gasteiger partial charge >= 0.3 is 0 Å². The summed E-state index contributed by atoms with van der Waals surface area (Å²) < 4.78 is 35.3. The Kier molecular flexibility index (Phi) is 5.32. The van der Waals surface area contributed by atoms with Crippen molar-refractivity contribution >= 4 is 5.78 Å². The van der Waals surface area contributed by atoms with Gasteiger partial charge in [-0.15, -0.1) is 0 Å². The molecule has 1 unspecified atom stereocenters. The zero-order valence-electron chi connectivity index (χ0n) is 16.0. The number of ketones is 1. The molecule has 1 atom stereocenters. The van der Waals surface area contributed by atoms with Gasteiger partial charge in [-0.05, 0) is 23.3 Å². The van der Waals surface area contributed by atoms with Crippen LogP contribution in [-0.2, 0) is 16.9 Å². The summed E-state index contributed by atoms with van der Waals surface area (Å²) in [6.45, 7) is -0.0454. The molecule has 1 N–H and O–H groups in total. The van der Waals surface area contributed by atoms with Crippen LogP contribution < -0.4 is 5.56 Å². The minimum atomic E-state index is -1.09. The highest BCUT2D eigenvalue weighted by Gasteiger charge is 2.44. The van der Waals surface area contributed by atoms with E-state index in [0.29, 0.717) is 29.7 Å². The highest BCUT2D eigenvalue weighted by atomic mass is 19.1. The number of Topliss-reactive ketones (excluding diaryl/α,β-unsaturated/α-hetero) is 1. The van der Waals surface area contributed by atoms with Crippen molar-refractivity contribution in [2.24, 2.45) is 0 Å². The minimum Gasteiger partial charge on any atom is -0.388 e. The quantitative estimate of drug-likeness (QED) is 0.634. The lowest BCUT2D eigenvalue weighted by atomic mass is 9.80. The van der Waals surface area contributed by atoms with Gasteiger partial charge in [0.1, 0.15) is 23.8 Å². The molecule has 0 aliphatic carbocycles. The largest absolute Gasteiger partial charge is 0.388 e. The van der Waals surface area contributed by atoms with Crippen molar-refractivity contribution in [1.29, 1.82) is 0 Å². The molecule has 4 rings (SSSR count). The molecule has 154 valence electrons. The van der Waals surface area contributed by atoms with Crippen LogP contribution in [-0.4, -0.2) is 28.7 Å². The number of halogens is 2. The molecule has 0 amide bonds. The Labute approximate surface area is 171 Å². The number of benzene rings is 2. The van der Waals surface area contributed by atoms with Crippen molar-refractivity contribution < 1.29 is 23.4 Å². The normalized spacial score (nSPS) is 18.1. The van der Waals surface area contributed by atoms with E-state index in [-0.39, 0.29) is 12.1 Å². The number of aromatic nitrogens is 1. The van der Waals surface area contributed by atoms with E-state index < -0.39 is 35.2 Å². The molecule has 0 bridgehead atoms. The summed E-state index contributed by atoms with van der Waals surface area (Å²) in [7, 11) is 0. The molecule has 5 nitrogen and oxygen atoms in total. The number of nitrogens with zero attached hydrogens (tertiary/aromatic N) is 1. The third-order valence-corrected chi connectivity index (χ3v) is 5.40. The lowest BCUT2D eigenvalue weighted by Gasteiger charge is -2.43. The van der Waals surface area contributed by atoms with Crippen molar-refractivity contribution in [2.75, 3.05) is 13.2 Å². The fraction of sp³-hybridized carbons (Fsp3) is 0.217. The summed E-state index contributed by atoms with van der Waals surface area (Å²) in [5.41, 5.74) is 0.285. The Hall–Kier alpha value is -3.16.